The summed E-state index contributed by atoms with van der Waals surface area (Å²) in [4.78, 5) is 17.3. The van der Waals surface area contributed by atoms with Gasteiger partial charge in [0.25, 0.3) is 5.91 Å². The number of hydrogen-bond acceptors (Lipinski definition) is 3. The van der Waals surface area contributed by atoms with Gasteiger partial charge >= 0.3 is 0 Å². The Kier molecular flexibility index (Phi) is 5.66. The summed E-state index contributed by atoms with van der Waals surface area (Å²) < 4.78 is 15.7. The fourth-order valence-electron chi connectivity index (χ4n) is 3.09. The second-order valence-corrected chi connectivity index (χ2v) is 8.31. The van der Waals surface area contributed by atoms with Gasteiger partial charge in [-0.15, -0.1) is 0 Å². The summed E-state index contributed by atoms with van der Waals surface area (Å²) in [7, 11) is 0. The van der Waals surface area contributed by atoms with Crippen molar-refractivity contribution < 1.29 is 14.3 Å². The van der Waals surface area contributed by atoms with Gasteiger partial charge in [-0.3, -0.25) is 4.79 Å². The highest BCUT2D eigenvalue weighted by molar-refractivity contribution is 9.10. The highest BCUT2D eigenvalue weighted by Crippen LogP contribution is 2.42. The van der Waals surface area contributed by atoms with Crippen molar-refractivity contribution in [2.75, 3.05) is 5.32 Å². The van der Waals surface area contributed by atoms with Crippen LogP contribution in [-0.2, 0) is 0 Å². The normalized spacial score (nSPS) is 14.7. The van der Waals surface area contributed by atoms with E-state index in [1.54, 1.807) is 24.3 Å². The fraction of sp³-hybridized carbons (Fsp3) is 0.200. The Labute approximate surface area is 184 Å². The Morgan fingerprint density at radius 2 is 1.93 bits per heavy atom. The molecule has 0 saturated heterocycles. The van der Waals surface area contributed by atoms with Gasteiger partial charge < -0.3 is 15.0 Å². The van der Waals surface area contributed by atoms with Crippen molar-refractivity contribution in [1.29, 1.82) is 0 Å². The van der Waals surface area contributed by atoms with Crippen LogP contribution in [0, 0.1) is 5.82 Å². The van der Waals surface area contributed by atoms with Gasteiger partial charge in [0.15, 0.2) is 10.4 Å². The van der Waals surface area contributed by atoms with Crippen molar-refractivity contribution >= 4 is 50.7 Å². The lowest BCUT2D eigenvalue weighted by Gasteiger charge is -2.16. The number of imidazole rings is 1. The summed E-state index contributed by atoms with van der Waals surface area (Å²) in [5.74, 6) is -1.11. The van der Waals surface area contributed by atoms with Gasteiger partial charge in [0, 0.05) is 16.8 Å². The van der Waals surface area contributed by atoms with Crippen LogP contribution >= 0.6 is 39.1 Å². The van der Waals surface area contributed by atoms with Crippen LogP contribution in [0.5, 0.6) is 0 Å². The average Bonchev–Trinajstić information content (AvgIpc) is 3.46. The second kappa shape index (κ2) is 8.07. The van der Waals surface area contributed by atoms with E-state index in [9.17, 15) is 14.3 Å². The van der Waals surface area contributed by atoms with E-state index in [0.29, 0.717) is 26.7 Å². The quantitative estimate of drug-likeness (QED) is 0.470. The Bertz CT molecular complexity index is 1080. The molecule has 0 spiro atoms. The lowest BCUT2D eigenvalue weighted by atomic mass is 10.0. The minimum atomic E-state index is -1.08. The van der Waals surface area contributed by atoms with Crippen LogP contribution in [0.3, 0.4) is 0 Å². The van der Waals surface area contributed by atoms with Crippen LogP contribution in [0.15, 0.2) is 47.2 Å². The smallest absolute Gasteiger partial charge is 0.276 e. The van der Waals surface area contributed by atoms with Crippen molar-refractivity contribution in [3.63, 3.8) is 0 Å². The van der Waals surface area contributed by atoms with Gasteiger partial charge in [-0.2, -0.15) is 0 Å². The third-order valence-electron chi connectivity index (χ3n) is 4.65. The maximum Gasteiger partial charge on any atom is 0.276 e. The zero-order valence-corrected chi connectivity index (χ0v) is 18.0. The van der Waals surface area contributed by atoms with Crippen LogP contribution in [0.2, 0.25) is 10.0 Å². The zero-order valence-electron chi connectivity index (χ0n) is 14.9. The Balaban J connectivity index is 1.72. The highest BCUT2D eigenvalue weighted by atomic mass is 79.9. The van der Waals surface area contributed by atoms with Crippen LogP contribution in [0.1, 0.15) is 46.7 Å². The summed E-state index contributed by atoms with van der Waals surface area (Å²) in [6.07, 6.45) is 0.789. The summed E-state index contributed by atoms with van der Waals surface area (Å²) in [5, 5.41) is 14.2. The lowest BCUT2D eigenvalue weighted by Crippen LogP contribution is -2.18. The van der Waals surface area contributed by atoms with Crippen molar-refractivity contribution in [2.45, 2.75) is 25.0 Å². The first kappa shape index (κ1) is 20.3. The molecule has 1 aromatic heterocycles. The molecule has 3 aromatic rings. The summed E-state index contributed by atoms with van der Waals surface area (Å²) in [6.45, 7) is 0. The number of benzene rings is 2. The molecule has 1 amide bonds. The summed E-state index contributed by atoms with van der Waals surface area (Å²) in [6, 6.07) is 10.8. The number of aliphatic hydroxyl groups excluding tert-OH is 1. The Morgan fingerprint density at radius 1 is 1.24 bits per heavy atom. The van der Waals surface area contributed by atoms with E-state index in [2.05, 4.69) is 26.2 Å². The third kappa shape index (κ3) is 4.19. The molecule has 2 aromatic carbocycles. The number of aliphatic hydroxyl groups is 1. The van der Waals surface area contributed by atoms with E-state index in [1.165, 1.54) is 18.2 Å². The topological polar surface area (TPSA) is 67.2 Å². The molecular formula is C20H15BrCl2FN3O2. The monoisotopic (exact) mass is 497 g/mol. The highest BCUT2D eigenvalue weighted by Gasteiger charge is 2.35. The molecule has 0 radical (unpaired) electrons. The van der Waals surface area contributed by atoms with E-state index in [-0.39, 0.29) is 16.8 Å². The van der Waals surface area contributed by atoms with Crippen molar-refractivity contribution in [3.05, 3.63) is 80.0 Å². The Hall–Kier alpha value is -1.93. The molecule has 150 valence electrons. The van der Waals surface area contributed by atoms with E-state index in [1.807, 2.05) is 4.57 Å². The molecule has 1 saturated carbocycles. The molecule has 2 N–H and O–H groups in total. The summed E-state index contributed by atoms with van der Waals surface area (Å²) >= 11 is 15.1. The van der Waals surface area contributed by atoms with Gasteiger partial charge in [0.05, 0.1) is 10.7 Å². The number of carbonyl (C=O) groups excluding carboxylic acids is 1. The van der Waals surface area contributed by atoms with Crippen LogP contribution in [-0.4, -0.2) is 20.6 Å². The molecule has 1 fully saturated rings. The zero-order chi connectivity index (χ0) is 20.7. The maximum atomic E-state index is 13.4. The van der Waals surface area contributed by atoms with E-state index in [4.69, 9.17) is 23.2 Å². The average molecular weight is 499 g/mol. The number of nitrogens with zero attached hydrogens (tertiary/aromatic N) is 2. The molecule has 1 aliphatic carbocycles. The Morgan fingerprint density at radius 3 is 2.55 bits per heavy atom. The number of halogens is 4. The molecule has 0 bridgehead atoms. The number of carbonyl (C=O) groups is 1. The molecule has 1 aliphatic rings. The molecule has 5 nitrogen and oxygen atoms in total. The molecule has 1 heterocycles. The molecule has 29 heavy (non-hydrogen) atoms. The predicted octanol–water partition coefficient (Wildman–Crippen LogP) is 5.76. The predicted molar refractivity (Wildman–Crippen MR) is 113 cm³/mol. The van der Waals surface area contributed by atoms with Gasteiger partial charge in [-0.1, -0.05) is 35.3 Å². The summed E-state index contributed by atoms with van der Waals surface area (Å²) in [5.41, 5.74) is 1.37. The maximum absolute atomic E-state index is 13.4. The molecule has 0 aliphatic heterocycles. The molecule has 1 atom stereocenters. The largest absolute Gasteiger partial charge is 0.382 e. The molecular weight excluding hydrogens is 484 g/mol. The molecule has 1 unspecified atom stereocenters. The lowest BCUT2D eigenvalue weighted by molar-refractivity contribution is 0.101. The van der Waals surface area contributed by atoms with Crippen LogP contribution in [0.25, 0.3) is 0 Å². The minimum absolute atomic E-state index is 0.0756. The van der Waals surface area contributed by atoms with Gasteiger partial charge in [0.1, 0.15) is 11.9 Å². The SMILES string of the molecule is O=C(Nc1ccc(F)c(Cl)c1)c1nc(Br)n(C2CC2)c1C(O)c1ccc(Cl)cc1. The van der Waals surface area contributed by atoms with Crippen LogP contribution in [0.4, 0.5) is 10.1 Å². The first-order valence-corrected chi connectivity index (χ1v) is 10.4. The van der Waals surface area contributed by atoms with Crippen molar-refractivity contribution in [1.82, 2.24) is 9.55 Å². The van der Waals surface area contributed by atoms with Gasteiger partial charge in [0.2, 0.25) is 0 Å². The first-order chi connectivity index (χ1) is 13.8. The van der Waals surface area contributed by atoms with Crippen molar-refractivity contribution in [2.24, 2.45) is 0 Å². The van der Waals surface area contributed by atoms with Gasteiger partial charge in [-0.05, 0) is 64.7 Å². The van der Waals surface area contributed by atoms with E-state index in [0.717, 1.165) is 12.8 Å². The van der Waals surface area contributed by atoms with Crippen LogP contribution < -0.4 is 5.32 Å². The number of hydrogen-bond donors (Lipinski definition) is 2. The number of aromatic nitrogens is 2. The minimum Gasteiger partial charge on any atom is -0.382 e. The number of rotatable bonds is 5. The number of nitrogens with one attached hydrogen (secondary N) is 1. The van der Waals surface area contributed by atoms with Gasteiger partial charge in [-0.25, -0.2) is 9.37 Å². The molecule has 9 heteroatoms. The van der Waals surface area contributed by atoms with E-state index < -0.39 is 17.8 Å². The third-order valence-corrected chi connectivity index (χ3v) is 5.76. The first-order valence-electron chi connectivity index (χ1n) is 8.82. The van der Waals surface area contributed by atoms with E-state index >= 15 is 0 Å². The number of anilines is 1. The second-order valence-electron chi connectivity index (χ2n) is 6.75. The molecule has 4 rings (SSSR count). The standard InChI is InChI=1S/C20H15BrCl2FN3O2/c21-20-26-16(19(29)25-12-5-8-15(24)14(23)9-12)17(27(20)13-6-7-13)18(28)10-1-3-11(22)4-2-10/h1-5,8-9,13,18,28H,6-7H2,(H,25,29). The fourth-order valence-corrected chi connectivity index (χ4v) is 4.06. The van der Waals surface area contributed by atoms with Crippen molar-refractivity contribution in [3.8, 4) is 0 Å². The number of amides is 1.